The Morgan fingerprint density at radius 1 is 1.47 bits per heavy atom. The van der Waals surface area contributed by atoms with E-state index in [9.17, 15) is 4.39 Å². The lowest BCUT2D eigenvalue weighted by molar-refractivity contribution is 0.624. The van der Waals surface area contributed by atoms with E-state index in [-0.39, 0.29) is 17.1 Å². The first-order valence-electron chi connectivity index (χ1n) is 4.87. The van der Waals surface area contributed by atoms with Crippen LogP contribution in [0.5, 0.6) is 0 Å². The highest BCUT2D eigenvalue weighted by atomic mass is 79.9. The van der Waals surface area contributed by atoms with Gasteiger partial charge in [0.2, 0.25) is 5.82 Å². The molecule has 9 heteroatoms. The first kappa shape index (κ1) is 13.6. The summed E-state index contributed by atoms with van der Waals surface area (Å²) in [4.78, 5) is 0. The fraction of sp³-hybridized carbons (Fsp3) is 0. The van der Waals surface area contributed by atoms with Crippen molar-refractivity contribution in [1.29, 1.82) is 5.26 Å². The van der Waals surface area contributed by atoms with Crippen LogP contribution in [0.25, 0.3) is 5.57 Å². The Balaban J connectivity index is 2.28. The minimum atomic E-state index is -0.476. The minimum absolute atomic E-state index is 0.131. The lowest BCUT2D eigenvalue weighted by Crippen LogP contribution is -1.96. The summed E-state index contributed by atoms with van der Waals surface area (Å²) in [6.45, 7) is 0. The average molecular weight is 388 g/mol. The molecular weight excluding hydrogens is 383 g/mol. The van der Waals surface area contributed by atoms with Crippen LogP contribution in [0.15, 0.2) is 27.3 Å². The number of allylic oxidation sites excluding steroid dienone is 1. The van der Waals surface area contributed by atoms with Gasteiger partial charge in [0.1, 0.15) is 11.6 Å². The van der Waals surface area contributed by atoms with Crippen molar-refractivity contribution in [1.82, 2.24) is 20.6 Å². The maximum absolute atomic E-state index is 13.9. The van der Waals surface area contributed by atoms with E-state index in [1.807, 2.05) is 6.07 Å². The molecule has 0 atom stereocenters. The largest absolute Gasteiger partial charge is 0.358 e. The maximum atomic E-state index is 13.9. The molecule has 1 aromatic heterocycles. The van der Waals surface area contributed by atoms with Gasteiger partial charge in [-0.05, 0) is 49.2 Å². The zero-order chi connectivity index (χ0) is 13.8. The molecule has 0 aliphatic carbocycles. The Hall–Kier alpha value is -1.79. The molecule has 0 saturated carbocycles. The van der Waals surface area contributed by atoms with Crippen LogP contribution in [0.2, 0.25) is 0 Å². The Morgan fingerprint density at radius 2 is 2.26 bits per heavy atom. The maximum Gasteiger partial charge on any atom is 0.216 e. The van der Waals surface area contributed by atoms with Crippen molar-refractivity contribution in [3.05, 3.63) is 38.9 Å². The molecule has 1 heterocycles. The fourth-order valence-corrected chi connectivity index (χ4v) is 1.86. The molecule has 6 nitrogen and oxygen atoms in total. The van der Waals surface area contributed by atoms with Gasteiger partial charge in [0.05, 0.1) is 10.2 Å². The van der Waals surface area contributed by atoms with Gasteiger partial charge in [0.25, 0.3) is 0 Å². The summed E-state index contributed by atoms with van der Waals surface area (Å²) in [6.07, 6.45) is 1.31. The summed E-state index contributed by atoms with van der Waals surface area (Å²) in [7, 11) is 0. The van der Waals surface area contributed by atoms with Gasteiger partial charge in [0, 0.05) is 10.7 Å². The number of H-pyrrole nitrogens is 1. The summed E-state index contributed by atoms with van der Waals surface area (Å²) >= 11 is 6.30. The van der Waals surface area contributed by atoms with Gasteiger partial charge in [-0.1, -0.05) is 0 Å². The molecular formula is C10H5Br2FN6. The number of benzene rings is 1. The topological polar surface area (TPSA) is 90.3 Å². The number of rotatable bonds is 3. The van der Waals surface area contributed by atoms with Gasteiger partial charge < -0.3 is 5.32 Å². The van der Waals surface area contributed by atoms with Crippen LogP contribution in [0.1, 0.15) is 5.82 Å². The highest BCUT2D eigenvalue weighted by Crippen LogP contribution is 2.30. The molecule has 0 bridgehead atoms. The van der Waals surface area contributed by atoms with E-state index < -0.39 is 5.82 Å². The first-order valence-corrected chi connectivity index (χ1v) is 6.46. The van der Waals surface area contributed by atoms with Crippen molar-refractivity contribution in [3.8, 4) is 6.07 Å². The van der Waals surface area contributed by atoms with Crippen LogP contribution in [0, 0.1) is 17.1 Å². The number of nitrogens with one attached hydrogen (secondary N) is 2. The Morgan fingerprint density at radius 3 is 2.89 bits per heavy atom. The van der Waals surface area contributed by atoms with Gasteiger partial charge in [-0.2, -0.15) is 10.5 Å². The molecule has 0 radical (unpaired) electrons. The number of hydrogen-bond acceptors (Lipinski definition) is 5. The van der Waals surface area contributed by atoms with E-state index in [4.69, 9.17) is 5.26 Å². The van der Waals surface area contributed by atoms with Gasteiger partial charge >= 0.3 is 0 Å². The highest BCUT2D eigenvalue weighted by Gasteiger charge is 2.10. The zero-order valence-electron chi connectivity index (χ0n) is 9.15. The normalized spacial score (nSPS) is 11.2. The predicted molar refractivity (Wildman–Crippen MR) is 73.2 cm³/mol. The quantitative estimate of drug-likeness (QED) is 0.624. The second-order valence-electron chi connectivity index (χ2n) is 3.27. The molecule has 2 aromatic rings. The fourth-order valence-electron chi connectivity index (χ4n) is 1.21. The number of nitrogens with zero attached hydrogens (tertiary/aromatic N) is 4. The molecule has 0 amide bonds. The summed E-state index contributed by atoms with van der Waals surface area (Å²) in [5.41, 5.74) is 0.346. The summed E-state index contributed by atoms with van der Waals surface area (Å²) < 4.78 is 14.7. The molecule has 19 heavy (non-hydrogen) atoms. The van der Waals surface area contributed by atoms with Crippen molar-refractivity contribution < 1.29 is 4.39 Å². The number of halogens is 3. The third-order valence-corrected chi connectivity index (χ3v) is 4.08. The van der Waals surface area contributed by atoms with E-state index in [0.717, 1.165) is 0 Å². The molecule has 0 aliphatic rings. The summed E-state index contributed by atoms with van der Waals surface area (Å²) in [5, 5.41) is 24.6. The molecule has 1 aromatic carbocycles. The standard InChI is InChI=1S/C10H5Br2FN6/c11-6-1-2-7(9(13)8(6)12)15-4-5(3-14)10-16-18-19-17-10/h1-2,4,15H,(H,16,17,18,19). The van der Waals surface area contributed by atoms with E-state index in [0.29, 0.717) is 8.95 Å². The van der Waals surface area contributed by atoms with Gasteiger partial charge in [-0.15, -0.1) is 10.2 Å². The zero-order valence-corrected chi connectivity index (χ0v) is 12.3. The molecule has 2 rings (SSSR count). The van der Waals surface area contributed by atoms with Gasteiger partial charge in [-0.3, -0.25) is 0 Å². The molecule has 0 saturated heterocycles. The highest BCUT2D eigenvalue weighted by molar-refractivity contribution is 9.13. The molecule has 96 valence electrons. The predicted octanol–water partition coefficient (Wildman–Crippen LogP) is 2.84. The second kappa shape index (κ2) is 5.90. The van der Waals surface area contributed by atoms with Crippen molar-refractivity contribution >= 4 is 43.1 Å². The van der Waals surface area contributed by atoms with E-state index in [1.54, 1.807) is 6.07 Å². The number of hydrogen-bond donors (Lipinski definition) is 2. The van der Waals surface area contributed by atoms with Crippen molar-refractivity contribution in [2.45, 2.75) is 0 Å². The molecule has 2 N–H and O–H groups in total. The summed E-state index contributed by atoms with van der Waals surface area (Å²) in [6, 6.07) is 5.09. The smallest absolute Gasteiger partial charge is 0.216 e. The molecule has 0 fully saturated rings. The number of aromatic amines is 1. The first-order chi connectivity index (χ1) is 9.13. The average Bonchev–Trinajstić information content (AvgIpc) is 2.93. The lowest BCUT2D eigenvalue weighted by atomic mass is 10.3. The van der Waals surface area contributed by atoms with Crippen molar-refractivity contribution in [3.63, 3.8) is 0 Å². The van der Waals surface area contributed by atoms with Crippen LogP contribution < -0.4 is 5.32 Å². The number of tetrazole rings is 1. The third kappa shape index (κ3) is 2.97. The number of aromatic nitrogens is 4. The SMILES string of the molecule is N#CC(=CNc1ccc(Br)c(Br)c1F)c1nn[nH]n1. The van der Waals surface area contributed by atoms with E-state index in [2.05, 4.69) is 57.8 Å². The number of nitriles is 1. The van der Waals surface area contributed by atoms with Crippen LogP contribution in [-0.4, -0.2) is 20.6 Å². The Labute approximate surface area is 124 Å². The van der Waals surface area contributed by atoms with Crippen LogP contribution >= 0.6 is 31.9 Å². The van der Waals surface area contributed by atoms with Crippen molar-refractivity contribution in [2.24, 2.45) is 0 Å². The molecule has 0 aliphatic heterocycles. The Bertz CT molecular complexity index is 661. The van der Waals surface area contributed by atoms with E-state index in [1.165, 1.54) is 12.3 Å². The summed E-state index contributed by atoms with van der Waals surface area (Å²) in [5.74, 6) is -0.345. The Kier molecular flexibility index (Phi) is 4.24. The van der Waals surface area contributed by atoms with Crippen LogP contribution in [0.4, 0.5) is 10.1 Å². The van der Waals surface area contributed by atoms with Crippen molar-refractivity contribution in [2.75, 3.05) is 5.32 Å². The monoisotopic (exact) mass is 386 g/mol. The van der Waals surface area contributed by atoms with Gasteiger partial charge in [0.15, 0.2) is 5.82 Å². The van der Waals surface area contributed by atoms with Crippen LogP contribution in [0.3, 0.4) is 0 Å². The lowest BCUT2D eigenvalue weighted by Gasteiger charge is -2.06. The third-order valence-electron chi connectivity index (χ3n) is 2.11. The van der Waals surface area contributed by atoms with Gasteiger partial charge in [-0.25, -0.2) is 4.39 Å². The minimum Gasteiger partial charge on any atom is -0.358 e. The molecule has 0 spiro atoms. The van der Waals surface area contributed by atoms with Crippen LogP contribution in [-0.2, 0) is 0 Å². The second-order valence-corrected chi connectivity index (χ2v) is 4.92. The molecule has 0 unspecified atom stereocenters. The number of anilines is 1. The van der Waals surface area contributed by atoms with E-state index >= 15 is 0 Å².